The van der Waals surface area contributed by atoms with E-state index in [0.29, 0.717) is 11.1 Å². The molecule has 2 rings (SSSR count). The van der Waals surface area contributed by atoms with Crippen LogP contribution in [0.5, 0.6) is 0 Å². The Morgan fingerprint density at radius 1 is 0.952 bits per heavy atom. The Balaban J connectivity index is 2.46. The van der Waals surface area contributed by atoms with E-state index in [4.69, 9.17) is 10.2 Å². The zero-order valence-electron chi connectivity index (χ0n) is 11.2. The van der Waals surface area contributed by atoms with Crippen LogP contribution >= 0.6 is 0 Å². The second-order valence-corrected chi connectivity index (χ2v) is 4.79. The van der Waals surface area contributed by atoms with Crippen molar-refractivity contribution in [3.05, 3.63) is 59.9 Å². The van der Waals surface area contributed by atoms with Gasteiger partial charge in [0.15, 0.2) is 5.41 Å². The van der Waals surface area contributed by atoms with Gasteiger partial charge in [-0.25, -0.2) is 4.39 Å². The maximum atomic E-state index is 13.7. The number of rotatable bonds is 4. The van der Waals surface area contributed by atoms with Crippen molar-refractivity contribution in [1.82, 2.24) is 0 Å². The van der Waals surface area contributed by atoms with Crippen molar-refractivity contribution in [2.24, 2.45) is 0 Å². The molecule has 5 heteroatoms. The largest absolute Gasteiger partial charge is 0.480 e. The maximum Gasteiger partial charge on any atom is 0.325 e. The SMILES string of the molecule is CC(C(=O)O)(C(=O)O)c1ccc(-c2ccccc2F)cc1. The minimum absolute atomic E-state index is 0.127. The first-order valence-corrected chi connectivity index (χ1v) is 6.19. The van der Waals surface area contributed by atoms with Gasteiger partial charge >= 0.3 is 11.9 Å². The number of hydrogen-bond acceptors (Lipinski definition) is 2. The number of aliphatic carboxylic acids is 2. The fraction of sp³-hybridized carbons (Fsp3) is 0.125. The molecule has 0 aliphatic heterocycles. The molecule has 0 aliphatic carbocycles. The summed E-state index contributed by atoms with van der Waals surface area (Å²) in [7, 11) is 0. The summed E-state index contributed by atoms with van der Waals surface area (Å²) in [6.07, 6.45) is 0. The Bertz CT molecular complexity index is 678. The van der Waals surface area contributed by atoms with Crippen molar-refractivity contribution in [3.63, 3.8) is 0 Å². The molecule has 0 atom stereocenters. The highest BCUT2D eigenvalue weighted by atomic mass is 19.1. The summed E-state index contributed by atoms with van der Waals surface area (Å²) in [6, 6.07) is 12.0. The smallest absolute Gasteiger partial charge is 0.325 e. The highest BCUT2D eigenvalue weighted by molar-refractivity contribution is 6.04. The van der Waals surface area contributed by atoms with Gasteiger partial charge in [0, 0.05) is 5.56 Å². The molecule has 108 valence electrons. The van der Waals surface area contributed by atoms with Gasteiger partial charge in [0.05, 0.1) is 0 Å². The van der Waals surface area contributed by atoms with Gasteiger partial charge in [-0.2, -0.15) is 0 Å². The first-order valence-electron chi connectivity index (χ1n) is 6.19. The lowest BCUT2D eigenvalue weighted by molar-refractivity contribution is -0.156. The van der Waals surface area contributed by atoms with Gasteiger partial charge in [0.25, 0.3) is 0 Å². The summed E-state index contributed by atoms with van der Waals surface area (Å²) < 4.78 is 13.7. The van der Waals surface area contributed by atoms with Crippen LogP contribution in [-0.4, -0.2) is 22.2 Å². The van der Waals surface area contributed by atoms with Gasteiger partial charge in [-0.05, 0) is 24.1 Å². The molecule has 21 heavy (non-hydrogen) atoms. The maximum absolute atomic E-state index is 13.7. The number of benzene rings is 2. The van der Waals surface area contributed by atoms with Crippen LogP contribution in [0.4, 0.5) is 4.39 Å². The lowest BCUT2D eigenvalue weighted by Crippen LogP contribution is -2.40. The van der Waals surface area contributed by atoms with E-state index in [9.17, 15) is 14.0 Å². The Kier molecular flexibility index (Phi) is 3.76. The molecular formula is C16H13FO4. The number of hydrogen-bond donors (Lipinski definition) is 2. The zero-order valence-corrected chi connectivity index (χ0v) is 11.2. The summed E-state index contributed by atoms with van der Waals surface area (Å²) in [4.78, 5) is 22.5. The fourth-order valence-corrected chi connectivity index (χ4v) is 2.02. The predicted octanol–water partition coefficient (Wildman–Crippen LogP) is 2.92. The van der Waals surface area contributed by atoms with Gasteiger partial charge in [0.1, 0.15) is 5.82 Å². The molecule has 0 heterocycles. The van der Waals surface area contributed by atoms with E-state index in [1.807, 2.05) is 0 Å². The van der Waals surface area contributed by atoms with E-state index in [1.54, 1.807) is 18.2 Å². The number of carboxylic acids is 2. The molecule has 2 N–H and O–H groups in total. The summed E-state index contributed by atoms with van der Waals surface area (Å²) in [5.74, 6) is -3.30. The van der Waals surface area contributed by atoms with Crippen molar-refractivity contribution in [2.45, 2.75) is 12.3 Å². The minimum atomic E-state index is -2.03. The van der Waals surface area contributed by atoms with Crippen molar-refractivity contribution in [3.8, 4) is 11.1 Å². The normalized spacial score (nSPS) is 11.1. The molecular weight excluding hydrogens is 275 g/mol. The van der Waals surface area contributed by atoms with Crippen LogP contribution in [0.3, 0.4) is 0 Å². The van der Waals surface area contributed by atoms with Crippen LogP contribution in [0.25, 0.3) is 11.1 Å². The Hall–Kier alpha value is -2.69. The van der Waals surface area contributed by atoms with Crippen molar-refractivity contribution in [2.75, 3.05) is 0 Å². The molecule has 0 aliphatic rings. The molecule has 0 radical (unpaired) electrons. The molecule has 0 fully saturated rings. The van der Waals surface area contributed by atoms with E-state index in [2.05, 4.69) is 0 Å². The average molecular weight is 288 g/mol. The average Bonchev–Trinajstić information content (AvgIpc) is 2.46. The van der Waals surface area contributed by atoms with Gasteiger partial charge in [0.2, 0.25) is 0 Å². The third-order valence-corrected chi connectivity index (χ3v) is 3.50. The summed E-state index contributed by atoms with van der Waals surface area (Å²) in [5, 5.41) is 18.3. The molecule has 0 bridgehead atoms. The third kappa shape index (κ3) is 2.50. The topological polar surface area (TPSA) is 74.6 Å². The monoisotopic (exact) mass is 288 g/mol. The molecule has 0 spiro atoms. The van der Waals surface area contributed by atoms with Crippen LogP contribution in [0, 0.1) is 5.82 Å². The van der Waals surface area contributed by atoms with E-state index in [0.717, 1.165) is 6.92 Å². The Morgan fingerprint density at radius 3 is 1.95 bits per heavy atom. The molecule has 2 aromatic rings. The Labute approximate surface area is 120 Å². The van der Waals surface area contributed by atoms with Crippen molar-refractivity contribution < 1.29 is 24.2 Å². The van der Waals surface area contributed by atoms with Crippen LogP contribution in [-0.2, 0) is 15.0 Å². The second-order valence-electron chi connectivity index (χ2n) is 4.79. The van der Waals surface area contributed by atoms with E-state index in [1.165, 1.54) is 30.3 Å². The number of halogens is 1. The summed E-state index contributed by atoms with van der Waals surface area (Å²) in [5.41, 5.74) is -0.984. The lowest BCUT2D eigenvalue weighted by Gasteiger charge is -2.20. The molecule has 4 nitrogen and oxygen atoms in total. The van der Waals surface area contributed by atoms with Crippen molar-refractivity contribution in [1.29, 1.82) is 0 Å². The standard InChI is InChI=1S/C16H13FO4/c1-16(14(18)19,15(20)21)11-8-6-10(7-9-11)12-4-2-3-5-13(12)17/h2-9H,1H3,(H,18,19)(H,20,21). The molecule has 0 unspecified atom stereocenters. The van der Waals surface area contributed by atoms with E-state index in [-0.39, 0.29) is 5.56 Å². The highest BCUT2D eigenvalue weighted by Crippen LogP contribution is 2.28. The zero-order chi connectivity index (χ0) is 15.6. The minimum Gasteiger partial charge on any atom is -0.480 e. The van der Waals surface area contributed by atoms with Crippen LogP contribution in [0.1, 0.15) is 12.5 Å². The third-order valence-electron chi connectivity index (χ3n) is 3.50. The first-order chi connectivity index (χ1) is 9.87. The van der Waals surface area contributed by atoms with Gasteiger partial charge in [-0.1, -0.05) is 42.5 Å². The quantitative estimate of drug-likeness (QED) is 0.848. The van der Waals surface area contributed by atoms with E-state index < -0.39 is 23.2 Å². The Morgan fingerprint density at radius 2 is 1.48 bits per heavy atom. The van der Waals surface area contributed by atoms with Crippen LogP contribution in [0.2, 0.25) is 0 Å². The van der Waals surface area contributed by atoms with Crippen LogP contribution < -0.4 is 0 Å². The lowest BCUT2D eigenvalue weighted by atomic mass is 9.82. The van der Waals surface area contributed by atoms with Gasteiger partial charge in [-0.3, -0.25) is 9.59 Å². The van der Waals surface area contributed by atoms with E-state index >= 15 is 0 Å². The first kappa shape index (κ1) is 14.7. The number of carboxylic acid groups (broad SMARTS) is 2. The number of carbonyl (C=O) groups is 2. The van der Waals surface area contributed by atoms with Gasteiger partial charge in [-0.15, -0.1) is 0 Å². The molecule has 0 aromatic heterocycles. The van der Waals surface area contributed by atoms with Gasteiger partial charge < -0.3 is 10.2 Å². The summed E-state index contributed by atoms with van der Waals surface area (Å²) >= 11 is 0. The molecule has 2 aromatic carbocycles. The summed E-state index contributed by atoms with van der Waals surface area (Å²) in [6.45, 7) is 1.12. The predicted molar refractivity (Wildman–Crippen MR) is 74.5 cm³/mol. The fourth-order valence-electron chi connectivity index (χ4n) is 2.02. The van der Waals surface area contributed by atoms with Crippen molar-refractivity contribution >= 4 is 11.9 Å². The second kappa shape index (κ2) is 5.36. The molecule has 0 saturated carbocycles. The van der Waals surface area contributed by atoms with Crippen LogP contribution in [0.15, 0.2) is 48.5 Å². The highest BCUT2D eigenvalue weighted by Gasteiger charge is 2.43. The molecule has 0 saturated heterocycles. The molecule has 0 amide bonds.